The number of likely N-dealkylation sites (N-methyl/N-ethyl adjacent to an activating group) is 1. The molecule has 10 nitrogen and oxygen atoms in total. The van der Waals surface area contributed by atoms with Crippen molar-refractivity contribution in [3.05, 3.63) is 40.0 Å². The molecular formula is C22H25F6N5O5S. The zero-order valence-electron chi connectivity index (χ0n) is 20.5. The summed E-state index contributed by atoms with van der Waals surface area (Å²) >= 11 is 1.57. The number of aliphatic carboxylic acids is 2. The SMILES string of the molecule is CN1CCN(c2ncnc3c2CCN(C(=O)c2ccsc2)CC3)CC1.O=C(O)C(F)(F)F.O=C(O)C(F)(F)F. The monoisotopic (exact) mass is 585 g/mol. The molecule has 0 aromatic carbocycles. The summed E-state index contributed by atoms with van der Waals surface area (Å²) in [5, 5.41) is 18.1. The molecule has 0 unspecified atom stereocenters. The number of amides is 1. The highest BCUT2D eigenvalue weighted by molar-refractivity contribution is 7.08. The molecule has 2 N–H and O–H groups in total. The molecule has 2 aromatic heterocycles. The van der Waals surface area contributed by atoms with Crippen LogP contribution in [-0.4, -0.2) is 106 Å². The first-order valence-electron chi connectivity index (χ1n) is 11.3. The van der Waals surface area contributed by atoms with E-state index in [9.17, 15) is 31.1 Å². The maximum atomic E-state index is 12.7. The molecule has 0 radical (unpaired) electrons. The number of rotatable bonds is 2. The largest absolute Gasteiger partial charge is 0.490 e. The van der Waals surface area contributed by atoms with Gasteiger partial charge in [0, 0.05) is 56.6 Å². The lowest BCUT2D eigenvalue weighted by Crippen LogP contribution is -2.45. The number of aromatic nitrogens is 2. The second kappa shape index (κ2) is 13.5. The van der Waals surface area contributed by atoms with Gasteiger partial charge in [-0.1, -0.05) is 0 Å². The highest BCUT2D eigenvalue weighted by atomic mass is 32.1. The quantitative estimate of drug-likeness (QED) is 0.512. The fraction of sp³-hybridized carbons (Fsp3) is 0.500. The first kappa shape index (κ1) is 31.7. The smallest absolute Gasteiger partial charge is 0.475 e. The molecule has 0 spiro atoms. The number of carbonyl (C=O) groups is 3. The van der Waals surface area contributed by atoms with Crippen molar-refractivity contribution < 1.29 is 50.9 Å². The van der Waals surface area contributed by atoms with E-state index in [1.165, 1.54) is 5.56 Å². The van der Waals surface area contributed by atoms with Crippen molar-refractivity contribution in [1.82, 2.24) is 19.8 Å². The number of nitrogens with zero attached hydrogens (tertiary/aromatic N) is 5. The van der Waals surface area contributed by atoms with Crippen LogP contribution in [0.1, 0.15) is 21.6 Å². The van der Waals surface area contributed by atoms with Crippen LogP contribution in [0.5, 0.6) is 0 Å². The lowest BCUT2D eigenvalue weighted by molar-refractivity contribution is -0.193. The number of anilines is 1. The normalized spacial score (nSPS) is 16.1. The summed E-state index contributed by atoms with van der Waals surface area (Å²) in [5.41, 5.74) is 3.12. The Morgan fingerprint density at radius 1 is 0.872 bits per heavy atom. The van der Waals surface area contributed by atoms with Gasteiger partial charge in [0.1, 0.15) is 12.1 Å². The molecule has 0 saturated carbocycles. The van der Waals surface area contributed by atoms with Gasteiger partial charge in [-0.05, 0) is 24.9 Å². The topological polar surface area (TPSA) is 127 Å². The van der Waals surface area contributed by atoms with E-state index < -0.39 is 24.3 Å². The lowest BCUT2D eigenvalue weighted by Gasteiger charge is -2.34. The van der Waals surface area contributed by atoms with E-state index in [4.69, 9.17) is 19.8 Å². The number of fused-ring (bicyclic) bond motifs is 1. The zero-order chi connectivity index (χ0) is 29.4. The number of carbonyl (C=O) groups excluding carboxylic acids is 1. The van der Waals surface area contributed by atoms with E-state index in [0.29, 0.717) is 0 Å². The maximum Gasteiger partial charge on any atom is 0.490 e. The number of carboxylic acids is 2. The molecule has 1 amide bonds. The zero-order valence-corrected chi connectivity index (χ0v) is 21.3. The molecule has 4 heterocycles. The van der Waals surface area contributed by atoms with Crippen LogP contribution in [0.3, 0.4) is 0 Å². The van der Waals surface area contributed by atoms with Crippen molar-refractivity contribution in [3.8, 4) is 0 Å². The molecule has 0 atom stereocenters. The van der Waals surface area contributed by atoms with Crippen LogP contribution in [0, 0.1) is 0 Å². The summed E-state index contributed by atoms with van der Waals surface area (Å²) in [7, 11) is 2.16. The third-order valence-electron chi connectivity index (χ3n) is 5.61. The number of alkyl halides is 6. The maximum absolute atomic E-state index is 12.7. The highest BCUT2D eigenvalue weighted by Gasteiger charge is 2.39. The predicted octanol–water partition coefficient (Wildman–Crippen LogP) is 2.80. The van der Waals surface area contributed by atoms with Crippen LogP contribution in [-0.2, 0) is 22.4 Å². The van der Waals surface area contributed by atoms with E-state index in [2.05, 4.69) is 26.8 Å². The minimum atomic E-state index is -5.08. The van der Waals surface area contributed by atoms with Crippen molar-refractivity contribution >= 4 is 35.0 Å². The first-order chi connectivity index (χ1) is 18.1. The van der Waals surface area contributed by atoms with E-state index in [1.54, 1.807) is 17.7 Å². The average Bonchev–Trinajstić information content (AvgIpc) is 3.30. The summed E-state index contributed by atoms with van der Waals surface area (Å²) < 4.78 is 63.5. The van der Waals surface area contributed by atoms with Gasteiger partial charge < -0.3 is 24.9 Å². The van der Waals surface area contributed by atoms with Crippen LogP contribution in [0.2, 0.25) is 0 Å². The number of halogens is 6. The minimum Gasteiger partial charge on any atom is -0.475 e. The second-order valence-corrected chi connectivity index (χ2v) is 9.10. The molecule has 1 fully saturated rings. The van der Waals surface area contributed by atoms with Gasteiger partial charge in [-0.25, -0.2) is 19.6 Å². The third-order valence-corrected chi connectivity index (χ3v) is 6.29. The molecule has 2 aliphatic rings. The Morgan fingerprint density at radius 2 is 1.41 bits per heavy atom. The number of thiophene rings is 1. The Kier molecular flexibility index (Phi) is 11.0. The van der Waals surface area contributed by atoms with Gasteiger partial charge in [0.15, 0.2) is 0 Å². The Hall–Kier alpha value is -3.47. The van der Waals surface area contributed by atoms with Gasteiger partial charge in [-0.3, -0.25) is 4.79 Å². The third kappa shape index (κ3) is 9.65. The molecule has 0 aliphatic carbocycles. The minimum absolute atomic E-state index is 0.128. The summed E-state index contributed by atoms with van der Waals surface area (Å²) in [6.07, 6.45) is -6.86. The van der Waals surface area contributed by atoms with Crippen molar-refractivity contribution in [2.24, 2.45) is 0 Å². The Balaban J connectivity index is 0.000000317. The summed E-state index contributed by atoms with van der Waals surface area (Å²) in [5.74, 6) is -4.31. The van der Waals surface area contributed by atoms with Crippen LogP contribution >= 0.6 is 11.3 Å². The lowest BCUT2D eigenvalue weighted by atomic mass is 10.1. The van der Waals surface area contributed by atoms with Gasteiger partial charge in [-0.15, -0.1) is 0 Å². The highest BCUT2D eigenvalue weighted by Crippen LogP contribution is 2.25. The number of hydrogen-bond donors (Lipinski definition) is 2. The fourth-order valence-corrected chi connectivity index (χ4v) is 4.20. The van der Waals surface area contributed by atoms with Crippen LogP contribution in [0.4, 0.5) is 32.2 Å². The van der Waals surface area contributed by atoms with E-state index in [1.807, 2.05) is 21.7 Å². The molecular weight excluding hydrogens is 560 g/mol. The Bertz CT molecular complexity index is 1100. The number of hydrogen-bond acceptors (Lipinski definition) is 8. The molecule has 4 rings (SSSR count). The predicted molar refractivity (Wildman–Crippen MR) is 127 cm³/mol. The first-order valence-corrected chi connectivity index (χ1v) is 12.2. The Morgan fingerprint density at radius 3 is 1.90 bits per heavy atom. The number of carboxylic acid groups (broad SMARTS) is 2. The van der Waals surface area contributed by atoms with Gasteiger partial charge in [0.25, 0.3) is 5.91 Å². The molecule has 1 saturated heterocycles. The van der Waals surface area contributed by atoms with Crippen molar-refractivity contribution in [3.63, 3.8) is 0 Å². The fourth-order valence-electron chi connectivity index (χ4n) is 3.57. The van der Waals surface area contributed by atoms with Crippen LogP contribution in [0.25, 0.3) is 0 Å². The molecule has 0 bridgehead atoms. The Labute approximate surface area is 222 Å². The van der Waals surface area contributed by atoms with Gasteiger partial charge in [0.2, 0.25) is 0 Å². The summed E-state index contributed by atoms with van der Waals surface area (Å²) in [6.45, 7) is 5.56. The average molecular weight is 586 g/mol. The van der Waals surface area contributed by atoms with E-state index in [-0.39, 0.29) is 5.91 Å². The van der Waals surface area contributed by atoms with Crippen molar-refractivity contribution in [2.75, 3.05) is 51.2 Å². The van der Waals surface area contributed by atoms with Gasteiger partial charge in [-0.2, -0.15) is 37.7 Å². The molecule has 216 valence electrons. The molecule has 39 heavy (non-hydrogen) atoms. The van der Waals surface area contributed by atoms with Gasteiger partial charge >= 0.3 is 24.3 Å². The van der Waals surface area contributed by atoms with E-state index in [0.717, 1.165) is 69.2 Å². The van der Waals surface area contributed by atoms with E-state index >= 15 is 0 Å². The summed E-state index contributed by atoms with van der Waals surface area (Å²) in [6, 6.07) is 1.90. The standard InChI is InChI=1S/C18H23N5OS.2C2HF3O2/c1-21-7-9-22(10-8-21)17-15-2-5-23(6-3-16(15)19-13-20-17)18(24)14-4-11-25-12-14;2*3-2(4,5)1(6)7/h4,11-13H,2-3,5-10H2,1H3;2*(H,6,7). The van der Waals surface area contributed by atoms with Crippen molar-refractivity contribution in [2.45, 2.75) is 25.2 Å². The molecule has 2 aromatic rings. The molecule has 17 heteroatoms. The summed E-state index contributed by atoms with van der Waals surface area (Å²) in [4.78, 5) is 46.3. The molecule has 2 aliphatic heterocycles. The van der Waals surface area contributed by atoms with Gasteiger partial charge in [0.05, 0.1) is 11.3 Å². The second-order valence-electron chi connectivity index (χ2n) is 8.32. The van der Waals surface area contributed by atoms with Crippen LogP contribution in [0.15, 0.2) is 23.2 Å². The number of piperazine rings is 1. The van der Waals surface area contributed by atoms with Crippen molar-refractivity contribution in [1.29, 1.82) is 0 Å². The van der Waals surface area contributed by atoms with Crippen LogP contribution < -0.4 is 4.90 Å².